The van der Waals surface area contributed by atoms with Gasteiger partial charge in [0.15, 0.2) is 0 Å². The summed E-state index contributed by atoms with van der Waals surface area (Å²) in [5.74, 6) is 0.764. The summed E-state index contributed by atoms with van der Waals surface area (Å²) in [7, 11) is 1.87. The van der Waals surface area contributed by atoms with Gasteiger partial charge in [0.05, 0.1) is 12.2 Å². The van der Waals surface area contributed by atoms with E-state index in [1.807, 2.05) is 37.4 Å². The summed E-state index contributed by atoms with van der Waals surface area (Å²) in [6, 6.07) is 9.52. The number of aromatic nitrogens is 2. The molecule has 0 saturated carbocycles. The molecule has 2 aromatic rings. The fourth-order valence-corrected chi connectivity index (χ4v) is 1.69. The van der Waals surface area contributed by atoms with E-state index in [2.05, 4.69) is 15.3 Å². The van der Waals surface area contributed by atoms with Crippen LogP contribution in [0.15, 0.2) is 36.5 Å². The van der Waals surface area contributed by atoms with Crippen molar-refractivity contribution in [2.24, 2.45) is 0 Å². The van der Waals surface area contributed by atoms with E-state index in [0.29, 0.717) is 11.6 Å². The van der Waals surface area contributed by atoms with E-state index in [0.717, 1.165) is 17.1 Å². The molecule has 1 heterocycles. The van der Waals surface area contributed by atoms with Crippen molar-refractivity contribution in [2.75, 3.05) is 7.05 Å². The van der Waals surface area contributed by atoms with Crippen molar-refractivity contribution in [3.05, 3.63) is 47.4 Å². The largest absolute Gasteiger partial charge is 0.313 e. The molecule has 0 bridgehead atoms. The van der Waals surface area contributed by atoms with Gasteiger partial charge in [-0.2, -0.15) is 0 Å². The zero-order chi connectivity index (χ0) is 11.4. The van der Waals surface area contributed by atoms with Gasteiger partial charge in [-0.25, -0.2) is 9.97 Å². The highest BCUT2D eigenvalue weighted by molar-refractivity contribution is 6.33. The highest BCUT2D eigenvalue weighted by Gasteiger charge is 2.04. The van der Waals surface area contributed by atoms with Crippen molar-refractivity contribution >= 4 is 11.6 Å². The third-order valence-electron chi connectivity index (χ3n) is 2.19. The zero-order valence-corrected chi connectivity index (χ0v) is 9.70. The van der Waals surface area contributed by atoms with E-state index in [-0.39, 0.29) is 0 Å². The zero-order valence-electron chi connectivity index (χ0n) is 8.94. The van der Waals surface area contributed by atoms with E-state index < -0.39 is 0 Å². The van der Waals surface area contributed by atoms with Gasteiger partial charge in [-0.3, -0.25) is 0 Å². The average Bonchev–Trinajstić information content (AvgIpc) is 2.30. The molecule has 4 heteroatoms. The maximum absolute atomic E-state index is 6.11. The van der Waals surface area contributed by atoms with Crippen LogP contribution in [0, 0.1) is 0 Å². The van der Waals surface area contributed by atoms with Crippen molar-refractivity contribution < 1.29 is 0 Å². The van der Waals surface area contributed by atoms with Crippen molar-refractivity contribution in [1.29, 1.82) is 0 Å². The summed E-state index contributed by atoms with van der Waals surface area (Å²) in [6.07, 6.45) is 1.75. The molecule has 0 amide bonds. The van der Waals surface area contributed by atoms with Crippen molar-refractivity contribution in [2.45, 2.75) is 6.54 Å². The third kappa shape index (κ3) is 2.38. The van der Waals surface area contributed by atoms with E-state index in [1.165, 1.54) is 0 Å². The Balaban J connectivity index is 2.40. The van der Waals surface area contributed by atoms with Crippen LogP contribution in [0.1, 0.15) is 5.82 Å². The SMILES string of the molecule is CNCc1nccc(-c2ccccc2Cl)n1. The fourth-order valence-electron chi connectivity index (χ4n) is 1.46. The average molecular weight is 234 g/mol. The standard InChI is InChI=1S/C12H12ClN3/c1-14-8-12-15-7-6-11(16-12)9-4-2-3-5-10(9)13/h2-7,14H,8H2,1H3. The normalized spacial score (nSPS) is 10.4. The molecule has 1 aromatic carbocycles. The van der Waals surface area contributed by atoms with Crippen molar-refractivity contribution in [3.63, 3.8) is 0 Å². The molecule has 0 atom stereocenters. The third-order valence-corrected chi connectivity index (χ3v) is 2.52. The molecule has 2 rings (SSSR count). The minimum Gasteiger partial charge on any atom is -0.313 e. The summed E-state index contributed by atoms with van der Waals surface area (Å²) in [4.78, 5) is 8.60. The fraction of sp³-hybridized carbons (Fsp3) is 0.167. The van der Waals surface area contributed by atoms with Crippen LogP contribution in [0.25, 0.3) is 11.3 Å². The highest BCUT2D eigenvalue weighted by atomic mass is 35.5. The minimum absolute atomic E-state index is 0.651. The first kappa shape index (κ1) is 11.0. The molecular weight excluding hydrogens is 222 g/mol. The maximum atomic E-state index is 6.11. The Kier molecular flexibility index (Phi) is 3.49. The Hall–Kier alpha value is -1.45. The number of hydrogen-bond acceptors (Lipinski definition) is 3. The summed E-state index contributed by atoms with van der Waals surface area (Å²) in [6.45, 7) is 0.651. The van der Waals surface area contributed by atoms with Crippen LogP contribution in [0.2, 0.25) is 5.02 Å². The molecule has 1 aromatic heterocycles. The monoisotopic (exact) mass is 233 g/mol. The van der Waals surface area contributed by atoms with Gasteiger partial charge in [-0.15, -0.1) is 0 Å². The predicted octanol–water partition coefficient (Wildman–Crippen LogP) is 2.52. The van der Waals surface area contributed by atoms with Gasteiger partial charge < -0.3 is 5.32 Å². The van der Waals surface area contributed by atoms with Crippen molar-refractivity contribution in [1.82, 2.24) is 15.3 Å². The quantitative estimate of drug-likeness (QED) is 0.885. The van der Waals surface area contributed by atoms with Crippen LogP contribution in [-0.4, -0.2) is 17.0 Å². The molecule has 16 heavy (non-hydrogen) atoms. The summed E-state index contributed by atoms with van der Waals surface area (Å²) >= 11 is 6.11. The molecule has 0 radical (unpaired) electrons. The van der Waals surface area contributed by atoms with Crippen LogP contribution in [-0.2, 0) is 6.54 Å². The lowest BCUT2D eigenvalue weighted by atomic mass is 10.1. The van der Waals surface area contributed by atoms with Crippen LogP contribution < -0.4 is 5.32 Å². The summed E-state index contributed by atoms with van der Waals surface area (Å²) in [5, 5.41) is 3.72. The molecule has 1 N–H and O–H groups in total. The van der Waals surface area contributed by atoms with E-state index in [9.17, 15) is 0 Å². The molecule has 0 saturated heterocycles. The second kappa shape index (κ2) is 5.05. The van der Waals surface area contributed by atoms with Gasteiger partial charge in [0.2, 0.25) is 0 Å². The van der Waals surface area contributed by atoms with Crippen LogP contribution in [0.4, 0.5) is 0 Å². The summed E-state index contributed by atoms with van der Waals surface area (Å²) < 4.78 is 0. The Morgan fingerprint density at radius 2 is 2.06 bits per heavy atom. The van der Waals surface area contributed by atoms with Crippen molar-refractivity contribution in [3.8, 4) is 11.3 Å². The number of hydrogen-bond donors (Lipinski definition) is 1. The first-order chi connectivity index (χ1) is 7.81. The number of nitrogens with zero attached hydrogens (tertiary/aromatic N) is 2. The molecule has 0 aliphatic carbocycles. The Labute approximate surface area is 99.5 Å². The Morgan fingerprint density at radius 3 is 2.81 bits per heavy atom. The number of halogens is 1. The molecule has 82 valence electrons. The maximum Gasteiger partial charge on any atom is 0.142 e. The first-order valence-electron chi connectivity index (χ1n) is 5.02. The molecule has 0 fully saturated rings. The lowest BCUT2D eigenvalue weighted by Gasteiger charge is -2.05. The molecular formula is C12H12ClN3. The van der Waals surface area contributed by atoms with Gasteiger partial charge >= 0.3 is 0 Å². The minimum atomic E-state index is 0.651. The van der Waals surface area contributed by atoms with Crippen LogP contribution in [0.3, 0.4) is 0 Å². The van der Waals surface area contributed by atoms with Gasteiger partial charge in [0, 0.05) is 16.8 Å². The van der Waals surface area contributed by atoms with Gasteiger partial charge in [0.25, 0.3) is 0 Å². The lowest BCUT2D eigenvalue weighted by Crippen LogP contribution is -2.09. The molecule has 0 unspecified atom stereocenters. The first-order valence-corrected chi connectivity index (χ1v) is 5.40. The molecule has 0 aliphatic rings. The Bertz CT molecular complexity index is 485. The van der Waals surface area contributed by atoms with Gasteiger partial charge in [-0.05, 0) is 19.2 Å². The van der Waals surface area contributed by atoms with Crippen LogP contribution in [0.5, 0.6) is 0 Å². The van der Waals surface area contributed by atoms with Gasteiger partial charge in [-0.1, -0.05) is 29.8 Å². The smallest absolute Gasteiger partial charge is 0.142 e. The van der Waals surface area contributed by atoms with E-state index in [1.54, 1.807) is 6.20 Å². The van der Waals surface area contributed by atoms with Gasteiger partial charge in [0.1, 0.15) is 5.82 Å². The molecule has 3 nitrogen and oxygen atoms in total. The molecule has 0 aliphatic heterocycles. The Morgan fingerprint density at radius 1 is 1.25 bits per heavy atom. The second-order valence-corrected chi connectivity index (χ2v) is 3.78. The van der Waals surface area contributed by atoms with Crippen LogP contribution >= 0.6 is 11.6 Å². The van der Waals surface area contributed by atoms with E-state index >= 15 is 0 Å². The number of rotatable bonds is 3. The second-order valence-electron chi connectivity index (χ2n) is 3.37. The predicted molar refractivity (Wildman–Crippen MR) is 65.2 cm³/mol. The van der Waals surface area contributed by atoms with E-state index in [4.69, 9.17) is 11.6 Å². The lowest BCUT2D eigenvalue weighted by molar-refractivity contribution is 0.759. The summed E-state index contributed by atoms with van der Waals surface area (Å²) in [5.41, 5.74) is 1.79. The number of nitrogens with one attached hydrogen (secondary N) is 1. The highest BCUT2D eigenvalue weighted by Crippen LogP contribution is 2.25. The number of benzene rings is 1. The topological polar surface area (TPSA) is 37.8 Å². The molecule has 0 spiro atoms.